The fourth-order valence-electron chi connectivity index (χ4n) is 1.97. The van der Waals surface area contributed by atoms with Gasteiger partial charge in [0, 0.05) is 11.9 Å². The van der Waals surface area contributed by atoms with Crippen molar-refractivity contribution in [1.29, 1.82) is 0 Å². The van der Waals surface area contributed by atoms with Crippen molar-refractivity contribution in [3.63, 3.8) is 0 Å². The summed E-state index contributed by atoms with van der Waals surface area (Å²) in [6.45, 7) is 0.698. The molecule has 0 aromatic carbocycles. The zero-order valence-electron chi connectivity index (χ0n) is 7.42. The number of hydrogen-bond acceptors (Lipinski definition) is 3. The Balaban J connectivity index is 2.32. The van der Waals surface area contributed by atoms with Crippen molar-refractivity contribution in [2.45, 2.75) is 25.2 Å². The van der Waals surface area contributed by atoms with Crippen LogP contribution in [0.1, 0.15) is 30.0 Å². The van der Waals surface area contributed by atoms with Gasteiger partial charge in [0.2, 0.25) is 0 Å². The molecule has 2 rings (SSSR count). The number of fused-ring (bicyclic) bond motifs is 1. The van der Waals surface area contributed by atoms with Crippen molar-refractivity contribution in [2.75, 3.05) is 6.54 Å². The average Bonchev–Trinajstić information content (AvgIpc) is 2.49. The summed E-state index contributed by atoms with van der Waals surface area (Å²) in [7, 11) is 0. The highest BCUT2D eigenvalue weighted by atomic mass is 16.1. The molecule has 0 amide bonds. The van der Waals surface area contributed by atoms with Crippen LogP contribution in [0.4, 0.5) is 0 Å². The van der Waals surface area contributed by atoms with Crippen LogP contribution in [0.25, 0.3) is 0 Å². The summed E-state index contributed by atoms with van der Waals surface area (Å²) in [6, 6.07) is 0. The second-order valence-corrected chi connectivity index (χ2v) is 3.44. The van der Waals surface area contributed by atoms with Crippen molar-refractivity contribution >= 4 is 0 Å². The lowest BCUT2D eigenvalue weighted by Crippen LogP contribution is -2.13. The number of aryl methyl sites for hydroxylation is 1. The van der Waals surface area contributed by atoms with E-state index in [0.717, 1.165) is 25.0 Å². The Morgan fingerprint density at radius 3 is 3.31 bits per heavy atom. The monoisotopic (exact) mass is 179 g/mol. The Morgan fingerprint density at radius 1 is 1.69 bits per heavy atom. The van der Waals surface area contributed by atoms with Gasteiger partial charge >= 0.3 is 5.69 Å². The van der Waals surface area contributed by atoms with Crippen LogP contribution in [0.2, 0.25) is 0 Å². The van der Waals surface area contributed by atoms with Crippen LogP contribution in [0.3, 0.4) is 0 Å². The molecule has 1 aromatic heterocycles. The highest BCUT2D eigenvalue weighted by molar-refractivity contribution is 5.26. The predicted molar refractivity (Wildman–Crippen MR) is 49.6 cm³/mol. The summed E-state index contributed by atoms with van der Waals surface area (Å²) in [5.74, 6) is 0.504. The molecule has 70 valence electrons. The summed E-state index contributed by atoms with van der Waals surface area (Å²) in [5, 5.41) is 0. The summed E-state index contributed by atoms with van der Waals surface area (Å²) in [5.41, 5.74) is 7.50. The Morgan fingerprint density at radius 2 is 2.54 bits per heavy atom. The maximum absolute atomic E-state index is 10.9. The van der Waals surface area contributed by atoms with Gasteiger partial charge in [-0.1, -0.05) is 0 Å². The van der Waals surface area contributed by atoms with Gasteiger partial charge in [-0.25, -0.2) is 9.78 Å². The lowest BCUT2D eigenvalue weighted by molar-refractivity contribution is 0.626. The summed E-state index contributed by atoms with van der Waals surface area (Å²) < 4.78 is 0. The fraction of sp³-hybridized carbons (Fsp3) is 0.556. The lowest BCUT2D eigenvalue weighted by Gasteiger charge is -2.07. The van der Waals surface area contributed by atoms with E-state index in [0.29, 0.717) is 12.5 Å². The maximum atomic E-state index is 10.9. The van der Waals surface area contributed by atoms with Crippen molar-refractivity contribution in [3.8, 4) is 0 Å². The molecule has 13 heavy (non-hydrogen) atoms. The normalized spacial score (nSPS) is 20.2. The molecule has 0 bridgehead atoms. The average molecular weight is 179 g/mol. The van der Waals surface area contributed by atoms with Gasteiger partial charge in [0.15, 0.2) is 0 Å². The number of H-pyrrole nitrogens is 1. The Kier molecular flexibility index (Phi) is 2.14. The van der Waals surface area contributed by atoms with E-state index in [1.807, 2.05) is 0 Å². The highest BCUT2D eigenvalue weighted by Gasteiger charge is 2.22. The Hall–Kier alpha value is -1.16. The largest absolute Gasteiger partial charge is 0.345 e. The number of nitrogens with two attached hydrogens (primary N) is 1. The minimum atomic E-state index is -0.243. The standard InChI is InChI=1S/C9H13N3O/c10-4-3-6-1-2-8-7(6)5-11-9(13)12-8/h5-6H,1-4,10H2,(H,11,12,13). The molecule has 0 saturated carbocycles. The first-order chi connectivity index (χ1) is 6.31. The van der Waals surface area contributed by atoms with E-state index < -0.39 is 0 Å². The van der Waals surface area contributed by atoms with E-state index in [4.69, 9.17) is 5.73 Å². The van der Waals surface area contributed by atoms with Crippen LogP contribution >= 0.6 is 0 Å². The van der Waals surface area contributed by atoms with Crippen LogP contribution in [-0.2, 0) is 6.42 Å². The molecular weight excluding hydrogens is 166 g/mol. The van der Waals surface area contributed by atoms with Crippen LogP contribution in [0.5, 0.6) is 0 Å². The first-order valence-electron chi connectivity index (χ1n) is 4.59. The minimum absolute atomic E-state index is 0.243. The van der Waals surface area contributed by atoms with Gasteiger partial charge in [-0.2, -0.15) is 0 Å². The molecule has 1 aliphatic rings. The van der Waals surface area contributed by atoms with Gasteiger partial charge in [-0.15, -0.1) is 0 Å². The second-order valence-electron chi connectivity index (χ2n) is 3.44. The van der Waals surface area contributed by atoms with Gasteiger partial charge in [0.05, 0.1) is 0 Å². The molecule has 3 N–H and O–H groups in total. The van der Waals surface area contributed by atoms with Crippen LogP contribution in [-0.4, -0.2) is 16.5 Å². The third-order valence-corrected chi connectivity index (χ3v) is 2.62. The third kappa shape index (κ3) is 1.49. The smallest absolute Gasteiger partial charge is 0.330 e. The molecule has 1 atom stereocenters. The molecule has 0 aliphatic heterocycles. The maximum Gasteiger partial charge on any atom is 0.345 e. The van der Waals surface area contributed by atoms with E-state index in [9.17, 15) is 4.79 Å². The van der Waals surface area contributed by atoms with Crippen LogP contribution in [0.15, 0.2) is 11.0 Å². The number of rotatable bonds is 2. The van der Waals surface area contributed by atoms with Crippen molar-refractivity contribution in [1.82, 2.24) is 9.97 Å². The third-order valence-electron chi connectivity index (χ3n) is 2.62. The predicted octanol–water partition coefficient (Wildman–Crippen LogP) is 0.148. The van der Waals surface area contributed by atoms with Crippen LogP contribution < -0.4 is 11.4 Å². The number of hydrogen-bond donors (Lipinski definition) is 2. The molecule has 1 aliphatic carbocycles. The molecule has 1 aromatic rings. The zero-order chi connectivity index (χ0) is 9.26. The highest BCUT2D eigenvalue weighted by Crippen LogP contribution is 2.32. The van der Waals surface area contributed by atoms with E-state index >= 15 is 0 Å². The Labute approximate surface area is 76.2 Å². The van der Waals surface area contributed by atoms with E-state index in [1.165, 1.54) is 5.56 Å². The number of nitrogens with one attached hydrogen (secondary N) is 1. The molecule has 1 unspecified atom stereocenters. The molecule has 4 heteroatoms. The fourth-order valence-corrected chi connectivity index (χ4v) is 1.97. The number of aromatic nitrogens is 2. The van der Waals surface area contributed by atoms with Gasteiger partial charge in [0.25, 0.3) is 0 Å². The molecule has 0 radical (unpaired) electrons. The number of aromatic amines is 1. The molecule has 0 fully saturated rings. The topological polar surface area (TPSA) is 71.8 Å². The molecule has 1 heterocycles. The van der Waals surface area contributed by atoms with E-state index in [-0.39, 0.29) is 5.69 Å². The van der Waals surface area contributed by atoms with E-state index in [1.54, 1.807) is 6.20 Å². The second kappa shape index (κ2) is 3.30. The molecular formula is C9H13N3O. The SMILES string of the molecule is NCCC1CCc2[nH]c(=O)ncc21. The van der Waals surface area contributed by atoms with Crippen molar-refractivity contribution in [2.24, 2.45) is 5.73 Å². The quantitative estimate of drug-likeness (QED) is 0.678. The van der Waals surface area contributed by atoms with Gasteiger partial charge in [0.1, 0.15) is 0 Å². The van der Waals surface area contributed by atoms with Crippen molar-refractivity contribution in [3.05, 3.63) is 27.9 Å². The van der Waals surface area contributed by atoms with Crippen molar-refractivity contribution < 1.29 is 0 Å². The van der Waals surface area contributed by atoms with Gasteiger partial charge in [-0.05, 0) is 37.3 Å². The summed E-state index contributed by atoms with van der Waals surface area (Å²) in [4.78, 5) is 17.4. The van der Waals surface area contributed by atoms with E-state index in [2.05, 4.69) is 9.97 Å². The number of nitrogens with zero attached hydrogens (tertiary/aromatic N) is 1. The minimum Gasteiger partial charge on any atom is -0.330 e. The zero-order valence-corrected chi connectivity index (χ0v) is 7.42. The molecule has 0 spiro atoms. The summed E-state index contributed by atoms with van der Waals surface area (Å²) >= 11 is 0. The Bertz CT molecular complexity index is 358. The first kappa shape index (κ1) is 8.44. The lowest BCUT2D eigenvalue weighted by atomic mass is 10.0. The summed E-state index contributed by atoms with van der Waals surface area (Å²) in [6.07, 6.45) is 4.73. The molecule has 4 nitrogen and oxygen atoms in total. The first-order valence-corrected chi connectivity index (χ1v) is 4.59. The van der Waals surface area contributed by atoms with Gasteiger partial charge in [-0.3, -0.25) is 0 Å². The van der Waals surface area contributed by atoms with Gasteiger partial charge < -0.3 is 10.7 Å². The molecule has 0 saturated heterocycles. The van der Waals surface area contributed by atoms with Crippen LogP contribution in [0, 0.1) is 0 Å².